The molecule has 1 amide bonds. The second-order valence-corrected chi connectivity index (χ2v) is 6.25. The molecule has 1 heterocycles. The molecular formula is C20H22N4O2. The molecule has 0 aliphatic rings. The number of amides is 1. The van der Waals surface area contributed by atoms with Crippen LogP contribution < -0.4 is 16.4 Å². The molecule has 0 radical (unpaired) electrons. The quantitative estimate of drug-likeness (QED) is 0.566. The Balaban J connectivity index is 1.80. The molecule has 0 saturated carbocycles. The minimum Gasteiger partial charge on any atom is -0.383 e. The molecule has 0 aliphatic carbocycles. The van der Waals surface area contributed by atoms with Crippen molar-refractivity contribution in [2.45, 2.75) is 19.1 Å². The largest absolute Gasteiger partial charge is 0.383 e. The van der Waals surface area contributed by atoms with Crippen molar-refractivity contribution in [3.63, 3.8) is 0 Å². The summed E-state index contributed by atoms with van der Waals surface area (Å²) in [6.07, 6.45) is 0.382. The molecule has 3 aromatic rings. The zero-order valence-corrected chi connectivity index (χ0v) is 14.7. The zero-order chi connectivity index (χ0) is 18.7. The molecule has 0 bridgehead atoms. The number of likely N-dealkylation sites (N-methyl/N-ethyl adjacent to an activating group) is 1. The normalized spacial score (nSPS) is 13.3. The van der Waals surface area contributed by atoms with Gasteiger partial charge in [-0.15, -0.1) is 0 Å². The van der Waals surface area contributed by atoms with Gasteiger partial charge in [-0.2, -0.15) is 0 Å². The van der Waals surface area contributed by atoms with Gasteiger partial charge in [0.1, 0.15) is 5.82 Å². The molecule has 26 heavy (non-hydrogen) atoms. The van der Waals surface area contributed by atoms with E-state index in [-0.39, 0.29) is 0 Å². The first-order valence-corrected chi connectivity index (χ1v) is 8.36. The van der Waals surface area contributed by atoms with Gasteiger partial charge in [0.25, 0.3) is 5.91 Å². The fourth-order valence-electron chi connectivity index (χ4n) is 3.02. The van der Waals surface area contributed by atoms with E-state index in [1.54, 1.807) is 31.4 Å². The van der Waals surface area contributed by atoms with Gasteiger partial charge in [-0.1, -0.05) is 29.8 Å². The van der Waals surface area contributed by atoms with Gasteiger partial charge in [0, 0.05) is 17.3 Å². The van der Waals surface area contributed by atoms with Crippen molar-refractivity contribution in [1.82, 2.24) is 10.3 Å². The summed E-state index contributed by atoms with van der Waals surface area (Å²) in [4.78, 5) is 16.6. The van der Waals surface area contributed by atoms with Crippen molar-refractivity contribution in [1.29, 1.82) is 0 Å². The molecule has 0 aliphatic heterocycles. The lowest BCUT2D eigenvalue weighted by Crippen LogP contribution is -2.39. The number of rotatable bonds is 5. The van der Waals surface area contributed by atoms with Crippen LogP contribution in [0, 0.1) is 6.92 Å². The Hall–Kier alpha value is -2.96. The molecule has 0 spiro atoms. The van der Waals surface area contributed by atoms with Crippen molar-refractivity contribution < 1.29 is 9.90 Å². The fraction of sp³-hybridized carbons (Fsp3) is 0.200. The highest BCUT2D eigenvalue weighted by Crippen LogP contribution is 2.24. The molecule has 2 aromatic carbocycles. The second-order valence-electron chi connectivity index (χ2n) is 6.25. The van der Waals surface area contributed by atoms with E-state index in [2.05, 4.69) is 15.6 Å². The number of hydrogen-bond acceptors (Lipinski definition) is 5. The minimum absolute atomic E-state index is 0.440. The zero-order valence-electron chi connectivity index (χ0n) is 14.7. The number of nitrogens with one attached hydrogen (secondary N) is 2. The van der Waals surface area contributed by atoms with Crippen molar-refractivity contribution in [3.05, 3.63) is 65.9 Å². The topological polar surface area (TPSA) is 100 Å². The van der Waals surface area contributed by atoms with Gasteiger partial charge in [-0.25, -0.2) is 4.98 Å². The van der Waals surface area contributed by atoms with Crippen LogP contribution >= 0.6 is 0 Å². The van der Waals surface area contributed by atoms with E-state index in [0.717, 1.165) is 21.9 Å². The molecule has 0 fully saturated rings. The van der Waals surface area contributed by atoms with Crippen LogP contribution in [0.5, 0.6) is 0 Å². The summed E-state index contributed by atoms with van der Waals surface area (Å²) in [6, 6.07) is 14.4. The number of aliphatic hydroxyl groups is 1. The van der Waals surface area contributed by atoms with Gasteiger partial charge < -0.3 is 21.5 Å². The van der Waals surface area contributed by atoms with Crippen LogP contribution in [0.1, 0.15) is 17.2 Å². The number of pyridine rings is 1. The number of hydrogen-bond donors (Lipinski definition) is 4. The first kappa shape index (κ1) is 17.8. The lowest BCUT2D eigenvalue weighted by molar-refractivity contribution is -0.125. The molecule has 134 valence electrons. The molecule has 0 saturated heterocycles. The van der Waals surface area contributed by atoms with E-state index in [1.165, 1.54) is 0 Å². The van der Waals surface area contributed by atoms with Crippen molar-refractivity contribution in [2.75, 3.05) is 18.1 Å². The highest BCUT2D eigenvalue weighted by Gasteiger charge is 2.26. The van der Waals surface area contributed by atoms with Crippen LogP contribution in [0.2, 0.25) is 0 Å². The second kappa shape index (κ2) is 7.51. The van der Waals surface area contributed by atoms with E-state index >= 15 is 0 Å². The Morgan fingerprint density at radius 3 is 2.73 bits per heavy atom. The van der Waals surface area contributed by atoms with E-state index in [0.29, 0.717) is 11.5 Å². The monoisotopic (exact) mass is 350 g/mol. The number of aliphatic hydroxyl groups excluding tert-OH is 1. The van der Waals surface area contributed by atoms with Crippen molar-refractivity contribution in [3.8, 4) is 0 Å². The standard InChI is InChI=1S/C20H22N4O2/c1-12-4-3-5-14(10-12)17(22-2)18(25)20(26)24-15-6-7-16-13(11-15)8-9-23-19(16)21/h3-11,17-18,22,25H,1-2H3,(H2,21,23)(H,24,26). The van der Waals surface area contributed by atoms with Gasteiger partial charge >= 0.3 is 0 Å². The number of benzene rings is 2. The Bertz CT molecular complexity index is 942. The number of fused-ring (bicyclic) bond motifs is 1. The van der Waals surface area contributed by atoms with E-state index in [4.69, 9.17) is 5.73 Å². The highest BCUT2D eigenvalue weighted by atomic mass is 16.3. The first-order chi connectivity index (χ1) is 12.5. The number of carbonyl (C=O) groups is 1. The maximum Gasteiger partial charge on any atom is 0.255 e. The molecule has 3 rings (SSSR count). The van der Waals surface area contributed by atoms with E-state index in [1.807, 2.05) is 37.3 Å². The summed E-state index contributed by atoms with van der Waals surface area (Å²) in [7, 11) is 1.72. The smallest absolute Gasteiger partial charge is 0.255 e. The van der Waals surface area contributed by atoms with Gasteiger partial charge in [-0.05, 0) is 49.2 Å². The van der Waals surface area contributed by atoms with Crippen molar-refractivity contribution in [2.24, 2.45) is 0 Å². The van der Waals surface area contributed by atoms with Crippen LogP contribution in [-0.4, -0.2) is 29.1 Å². The van der Waals surface area contributed by atoms with E-state index < -0.39 is 18.1 Å². The molecule has 2 unspecified atom stereocenters. The van der Waals surface area contributed by atoms with Gasteiger partial charge in [-0.3, -0.25) is 4.79 Å². The van der Waals surface area contributed by atoms with Crippen LogP contribution in [0.4, 0.5) is 11.5 Å². The minimum atomic E-state index is -1.24. The molecule has 6 nitrogen and oxygen atoms in total. The van der Waals surface area contributed by atoms with Crippen molar-refractivity contribution >= 4 is 28.2 Å². The predicted molar refractivity (Wildman–Crippen MR) is 104 cm³/mol. The van der Waals surface area contributed by atoms with Crippen LogP contribution in [0.25, 0.3) is 10.8 Å². The number of nitrogens with two attached hydrogens (primary N) is 1. The predicted octanol–water partition coefficient (Wildman–Crippen LogP) is 2.39. The van der Waals surface area contributed by atoms with E-state index in [9.17, 15) is 9.90 Å². The molecule has 1 aromatic heterocycles. The Labute approximate surface area is 152 Å². The van der Waals surface area contributed by atoms with Crippen LogP contribution in [0.3, 0.4) is 0 Å². The molecule has 2 atom stereocenters. The molecule has 5 N–H and O–H groups in total. The summed E-state index contributed by atoms with van der Waals surface area (Å²) in [5.74, 6) is -0.0395. The SMILES string of the molecule is CNC(c1cccc(C)c1)C(O)C(=O)Nc1ccc2c(N)nccc2c1. The number of aromatic nitrogens is 1. The number of aryl methyl sites for hydroxylation is 1. The van der Waals surface area contributed by atoms with Gasteiger partial charge in [0.2, 0.25) is 0 Å². The third-order valence-corrected chi connectivity index (χ3v) is 4.36. The summed E-state index contributed by atoms with van der Waals surface area (Å²) in [6.45, 7) is 1.97. The van der Waals surface area contributed by atoms with Crippen LogP contribution in [0.15, 0.2) is 54.7 Å². The Kier molecular flexibility index (Phi) is 5.16. The van der Waals surface area contributed by atoms with Gasteiger partial charge in [0.05, 0.1) is 6.04 Å². The lowest BCUT2D eigenvalue weighted by atomic mass is 9.99. The number of nitrogens with zero attached hydrogens (tertiary/aromatic N) is 1. The number of nitrogen functional groups attached to an aromatic ring is 1. The Morgan fingerprint density at radius 1 is 1.19 bits per heavy atom. The maximum absolute atomic E-state index is 12.5. The van der Waals surface area contributed by atoms with Crippen LogP contribution in [-0.2, 0) is 4.79 Å². The molecular weight excluding hydrogens is 328 g/mol. The average molecular weight is 350 g/mol. The third kappa shape index (κ3) is 3.66. The highest BCUT2D eigenvalue weighted by molar-refractivity contribution is 5.98. The average Bonchev–Trinajstić information content (AvgIpc) is 2.62. The summed E-state index contributed by atoms with van der Waals surface area (Å²) >= 11 is 0. The lowest BCUT2D eigenvalue weighted by Gasteiger charge is -2.22. The number of carbonyl (C=O) groups excluding carboxylic acids is 1. The third-order valence-electron chi connectivity index (χ3n) is 4.36. The van der Waals surface area contributed by atoms with Gasteiger partial charge in [0.15, 0.2) is 6.10 Å². The maximum atomic E-state index is 12.5. The fourth-order valence-corrected chi connectivity index (χ4v) is 3.02. The molecule has 6 heteroatoms. The summed E-state index contributed by atoms with van der Waals surface area (Å²) < 4.78 is 0. The number of anilines is 2. The first-order valence-electron chi connectivity index (χ1n) is 8.36. The Morgan fingerprint density at radius 2 is 2.00 bits per heavy atom. The summed E-state index contributed by atoms with van der Waals surface area (Å²) in [5.41, 5.74) is 8.35. The summed E-state index contributed by atoms with van der Waals surface area (Å²) in [5, 5.41) is 18.0.